The van der Waals surface area contributed by atoms with Gasteiger partial charge in [-0.05, 0) is 0 Å². The van der Waals surface area contributed by atoms with Crippen molar-refractivity contribution in [3.05, 3.63) is 33.1 Å². The molecule has 0 radical (unpaired) electrons. The quantitative estimate of drug-likeness (QED) is 0.488. The normalized spacial score (nSPS) is 10.1. The number of H-pyrrole nitrogens is 1. The molecule has 104 valence electrons. The number of hydrogen-bond donors (Lipinski definition) is 2. The van der Waals surface area contributed by atoms with Crippen molar-refractivity contribution >= 4 is 29.1 Å². The fraction of sp³-hybridized carbons (Fsp3) is 0.111. The summed E-state index contributed by atoms with van der Waals surface area (Å²) < 4.78 is 4.72. The first-order valence-electron chi connectivity index (χ1n) is 5.09. The van der Waals surface area contributed by atoms with Crippen LogP contribution >= 0.6 is 11.6 Å². The van der Waals surface area contributed by atoms with E-state index in [-0.39, 0.29) is 28.4 Å². The number of halogens is 1. The zero-order valence-electron chi connectivity index (χ0n) is 9.95. The summed E-state index contributed by atoms with van der Waals surface area (Å²) in [6, 6.07) is 1.04. The number of anilines is 1. The highest BCUT2D eigenvalue weighted by Crippen LogP contribution is 2.20. The number of ether oxygens (including phenoxy) is 1. The molecule has 0 bridgehead atoms. The van der Waals surface area contributed by atoms with Crippen molar-refractivity contribution < 1.29 is 14.5 Å². The Morgan fingerprint density at radius 1 is 1.60 bits per heavy atom. The molecule has 0 unspecified atom stereocenters. The van der Waals surface area contributed by atoms with E-state index in [0.29, 0.717) is 0 Å². The molecule has 2 aromatic heterocycles. The molecule has 0 saturated carbocycles. The van der Waals surface area contributed by atoms with Crippen LogP contribution in [0.15, 0.2) is 12.3 Å². The number of carbonyl (C=O) groups is 1. The number of nitrogens with one attached hydrogen (secondary N) is 2. The maximum atomic E-state index is 11.9. The molecular weight excluding hydrogens is 292 g/mol. The lowest BCUT2D eigenvalue weighted by Gasteiger charge is -2.02. The van der Waals surface area contributed by atoms with Crippen LogP contribution in [0.3, 0.4) is 0 Å². The van der Waals surface area contributed by atoms with Gasteiger partial charge in [0.15, 0.2) is 0 Å². The van der Waals surface area contributed by atoms with Crippen LogP contribution in [0.1, 0.15) is 10.4 Å². The number of methoxy groups -OCH3 is 1. The maximum absolute atomic E-state index is 11.9. The van der Waals surface area contributed by atoms with Gasteiger partial charge in [-0.2, -0.15) is 4.98 Å². The summed E-state index contributed by atoms with van der Waals surface area (Å²) >= 11 is 5.73. The second-order valence-electron chi connectivity index (χ2n) is 3.41. The average molecular weight is 299 g/mol. The van der Waals surface area contributed by atoms with Gasteiger partial charge in [0.2, 0.25) is 5.95 Å². The van der Waals surface area contributed by atoms with E-state index < -0.39 is 10.8 Å². The Morgan fingerprint density at radius 3 is 2.95 bits per heavy atom. The number of nitrogens with zero attached hydrogens (tertiary/aromatic N) is 4. The van der Waals surface area contributed by atoms with Crippen molar-refractivity contribution in [2.75, 3.05) is 12.4 Å². The van der Waals surface area contributed by atoms with Crippen LogP contribution in [-0.2, 0) is 0 Å². The summed E-state index contributed by atoms with van der Waals surface area (Å²) in [5.41, 5.74) is -0.508. The van der Waals surface area contributed by atoms with E-state index in [2.05, 4.69) is 25.5 Å². The molecule has 2 heterocycles. The summed E-state index contributed by atoms with van der Waals surface area (Å²) in [5.74, 6) is -0.709. The molecule has 11 heteroatoms. The van der Waals surface area contributed by atoms with Crippen LogP contribution in [0.5, 0.6) is 6.01 Å². The molecule has 0 aromatic carbocycles. The number of pyridine rings is 1. The largest absolute Gasteiger partial charge is 0.466 e. The topological polar surface area (TPSA) is 136 Å². The van der Waals surface area contributed by atoms with E-state index in [9.17, 15) is 14.9 Å². The molecule has 2 aromatic rings. The molecule has 0 saturated heterocycles. The van der Waals surface area contributed by atoms with Gasteiger partial charge < -0.3 is 4.74 Å². The summed E-state index contributed by atoms with van der Waals surface area (Å²) in [4.78, 5) is 29.2. The van der Waals surface area contributed by atoms with Gasteiger partial charge in [-0.1, -0.05) is 11.6 Å². The Balaban J connectivity index is 2.24. The molecule has 0 aliphatic rings. The monoisotopic (exact) mass is 298 g/mol. The van der Waals surface area contributed by atoms with Gasteiger partial charge in [0, 0.05) is 6.07 Å². The minimum atomic E-state index is -0.718. The number of rotatable bonds is 4. The van der Waals surface area contributed by atoms with E-state index >= 15 is 0 Å². The van der Waals surface area contributed by atoms with E-state index in [1.165, 1.54) is 7.11 Å². The van der Waals surface area contributed by atoms with Crippen molar-refractivity contribution in [2.24, 2.45) is 0 Å². The van der Waals surface area contributed by atoms with Gasteiger partial charge in [-0.15, -0.1) is 5.10 Å². The molecule has 0 fully saturated rings. The Hall–Kier alpha value is -2.75. The Bertz CT molecular complexity index is 672. The smallest absolute Gasteiger partial charge is 0.336 e. The minimum absolute atomic E-state index is 0.00872. The fourth-order valence-electron chi connectivity index (χ4n) is 1.26. The summed E-state index contributed by atoms with van der Waals surface area (Å²) in [7, 11) is 1.36. The van der Waals surface area contributed by atoms with Gasteiger partial charge >= 0.3 is 6.01 Å². The minimum Gasteiger partial charge on any atom is -0.466 e. The highest BCUT2D eigenvalue weighted by atomic mass is 35.5. The second-order valence-corrected chi connectivity index (χ2v) is 3.77. The third kappa shape index (κ3) is 2.80. The second kappa shape index (κ2) is 5.48. The van der Waals surface area contributed by atoms with Crippen LogP contribution in [0.2, 0.25) is 5.15 Å². The number of hydrogen-bond acceptors (Lipinski definition) is 7. The molecule has 1 amide bonds. The lowest BCUT2D eigenvalue weighted by molar-refractivity contribution is -0.385. The molecule has 10 nitrogen and oxygen atoms in total. The molecule has 0 spiro atoms. The van der Waals surface area contributed by atoms with Gasteiger partial charge in [-0.3, -0.25) is 20.2 Å². The average Bonchev–Trinajstić information content (AvgIpc) is 2.86. The highest BCUT2D eigenvalue weighted by molar-refractivity contribution is 6.33. The first-order chi connectivity index (χ1) is 9.51. The van der Waals surface area contributed by atoms with Crippen molar-refractivity contribution in [1.82, 2.24) is 20.2 Å². The SMILES string of the molecule is COc1n[nH]c(NC(=O)c2cc([N+](=O)[O-])cnc2Cl)n1. The van der Waals surface area contributed by atoms with Crippen LogP contribution < -0.4 is 10.1 Å². The Morgan fingerprint density at radius 2 is 2.35 bits per heavy atom. The third-order valence-corrected chi connectivity index (χ3v) is 2.46. The van der Waals surface area contributed by atoms with Crippen molar-refractivity contribution in [3.8, 4) is 6.01 Å². The van der Waals surface area contributed by atoms with Gasteiger partial charge in [0.05, 0.1) is 17.6 Å². The lowest BCUT2D eigenvalue weighted by Crippen LogP contribution is -2.14. The van der Waals surface area contributed by atoms with Gasteiger partial charge in [0.25, 0.3) is 11.6 Å². The zero-order chi connectivity index (χ0) is 14.7. The predicted octanol–water partition coefficient (Wildman–Crippen LogP) is 1.02. The Kier molecular flexibility index (Phi) is 3.75. The first-order valence-corrected chi connectivity index (χ1v) is 5.46. The van der Waals surface area contributed by atoms with Gasteiger partial charge in [0.1, 0.15) is 11.3 Å². The van der Waals surface area contributed by atoms with E-state index in [0.717, 1.165) is 12.3 Å². The van der Waals surface area contributed by atoms with Crippen LogP contribution in [-0.4, -0.2) is 38.1 Å². The third-order valence-electron chi connectivity index (χ3n) is 2.16. The zero-order valence-corrected chi connectivity index (χ0v) is 10.7. The number of aromatic nitrogens is 4. The number of nitro groups is 1. The van der Waals surface area contributed by atoms with Crippen molar-refractivity contribution in [2.45, 2.75) is 0 Å². The van der Waals surface area contributed by atoms with Crippen LogP contribution in [0, 0.1) is 10.1 Å². The number of amides is 1. The summed E-state index contributed by atoms with van der Waals surface area (Å²) in [5, 5.41) is 18.8. The Labute approximate surface area is 116 Å². The number of carbonyl (C=O) groups excluding carboxylic acids is 1. The molecule has 0 aliphatic heterocycles. The van der Waals surface area contributed by atoms with Crippen LogP contribution in [0.25, 0.3) is 0 Å². The number of aromatic amines is 1. The van der Waals surface area contributed by atoms with E-state index in [4.69, 9.17) is 16.3 Å². The van der Waals surface area contributed by atoms with Crippen molar-refractivity contribution in [3.63, 3.8) is 0 Å². The highest BCUT2D eigenvalue weighted by Gasteiger charge is 2.18. The summed E-state index contributed by atoms with van der Waals surface area (Å²) in [6.45, 7) is 0. The standard InChI is InChI=1S/C9H7ClN6O4/c1-20-9-13-8(14-15-9)12-7(17)5-2-4(16(18)19)3-11-6(5)10/h2-3H,1H3,(H2,12,13,14,15,17). The lowest BCUT2D eigenvalue weighted by atomic mass is 10.2. The molecule has 0 atom stereocenters. The van der Waals surface area contributed by atoms with E-state index in [1.54, 1.807) is 0 Å². The molecule has 0 aliphatic carbocycles. The maximum Gasteiger partial charge on any atom is 0.336 e. The van der Waals surface area contributed by atoms with E-state index in [1.807, 2.05) is 0 Å². The van der Waals surface area contributed by atoms with Crippen LogP contribution in [0.4, 0.5) is 11.6 Å². The molecule has 2 rings (SSSR count). The summed E-state index contributed by atoms with van der Waals surface area (Å²) in [6.07, 6.45) is 0.955. The first kappa shape index (κ1) is 13.7. The fourth-order valence-corrected chi connectivity index (χ4v) is 1.45. The van der Waals surface area contributed by atoms with Crippen molar-refractivity contribution in [1.29, 1.82) is 0 Å². The molecule has 20 heavy (non-hydrogen) atoms. The molecular formula is C9H7ClN6O4. The predicted molar refractivity (Wildman–Crippen MR) is 66.8 cm³/mol. The molecule has 2 N–H and O–H groups in total. The van der Waals surface area contributed by atoms with Gasteiger partial charge in [-0.25, -0.2) is 10.1 Å².